The SMILES string of the molecule is COCCOCCNc1nc(C)ccc1C#N. The normalized spacial score (nSPS) is 9.94. The Hall–Kier alpha value is -1.64. The summed E-state index contributed by atoms with van der Waals surface area (Å²) in [5.41, 5.74) is 1.43. The Morgan fingerprint density at radius 3 is 2.88 bits per heavy atom. The minimum Gasteiger partial charge on any atom is -0.382 e. The minimum absolute atomic E-state index is 0.549. The summed E-state index contributed by atoms with van der Waals surface area (Å²) < 4.78 is 10.2. The summed E-state index contributed by atoms with van der Waals surface area (Å²) in [4.78, 5) is 4.26. The third kappa shape index (κ3) is 4.81. The molecule has 0 bridgehead atoms. The molecule has 1 aromatic rings. The average molecular weight is 235 g/mol. The van der Waals surface area contributed by atoms with E-state index in [0.717, 1.165) is 5.69 Å². The van der Waals surface area contributed by atoms with Gasteiger partial charge < -0.3 is 14.8 Å². The van der Waals surface area contributed by atoms with Gasteiger partial charge in [-0.2, -0.15) is 5.26 Å². The van der Waals surface area contributed by atoms with E-state index in [1.165, 1.54) is 0 Å². The summed E-state index contributed by atoms with van der Waals surface area (Å²) >= 11 is 0. The topological polar surface area (TPSA) is 67.2 Å². The molecule has 5 heteroatoms. The zero-order chi connectivity index (χ0) is 12.5. The summed E-state index contributed by atoms with van der Waals surface area (Å²) in [5, 5.41) is 12.0. The number of ether oxygens (including phenoxy) is 2. The molecule has 0 fully saturated rings. The summed E-state index contributed by atoms with van der Waals surface area (Å²) in [6.07, 6.45) is 0. The smallest absolute Gasteiger partial charge is 0.144 e. The first-order valence-electron chi connectivity index (χ1n) is 5.46. The molecule has 0 aliphatic heterocycles. The van der Waals surface area contributed by atoms with Gasteiger partial charge in [-0.05, 0) is 19.1 Å². The molecule has 0 unspecified atom stereocenters. The predicted octanol–water partition coefficient (Wildman–Crippen LogP) is 1.34. The maximum Gasteiger partial charge on any atom is 0.144 e. The molecule has 17 heavy (non-hydrogen) atoms. The molecule has 1 aromatic heterocycles. The van der Waals surface area contributed by atoms with E-state index in [-0.39, 0.29) is 0 Å². The molecule has 0 saturated carbocycles. The first-order valence-corrected chi connectivity index (χ1v) is 5.46. The van der Waals surface area contributed by atoms with E-state index in [4.69, 9.17) is 14.7 Å². The Bertz CT molecular complexity index is 388. The summed E-state index contributed by atoms with van der Waals surface area (Å²) in [6, 6.07) is 5.68. The van der Waals surface area contributed by atoms with Crippen molar-refractivity contribution in [1.29, 1.82) is 5.26 Å². The molecule has 0 aliphatic rings. The zero-order valence-electron chi connectivity index (χ0n) is 10.2. The van der Waals surface area contributed by atoms with Crippen molar-refractivity contribution in [3.8, 4) is 6.07 Å². The van der Waals surface area contributed by atoms with E-state index in [2.05, 4.69) is 16.4 Å². The second kappa shape index (κ2) is 7.60. The zero-order valence-corrected chi connectivity index (χ0v) is 10.2. The van der Waals surface area contributed by atoms with Crippen molar-refractivity contribution in [1.82, 2.24) is 4.98 Å². The molecule has 0 aromatic carbocycles. The molecule has 0 atom stereocenters. The van der Waals surface area contributed by atoms with E-state index >= 15 is 0 Å². The first-order chi connectivity index (χ1) is 8.27. The highest BCUT2D eigenvalue weighted by Crippen LogP contribution is 2.11. The third-order valence-electron chi connectivity index (χ3n) is 2.13. The number of nitrogens with one attached hydrogen (secondary N) is 1. The van der Waals surface area contributed by atoms with Crippen LogP contribution in [0.4, 0.5) is 5.82 Å². The van der Waals surface area contributed by atoms with Crippen LogP contribution in [0.25, 0.3) is 0 Å². The lowest BCUT2D eigenvalue weighted by Gasteiger charge is -2.08. The maximum absolute atomic E-state index is 8.90. The van der Waals surface area contributed by atoms with Gasteiger partial charge in [-0.15, -0.1) is 0 Å². The molecule has 1 N–H and O–H groups in total. The predicted molar refractivity (Wildman–Crippen MR) is 64.9 cm³/mol. The molecular formula is C12H17N3O2. The van der Waals surface area contributed by atoms with E-state index in [9.17, 15) is 0 Å². The number of nitrogens with zero attached hydrogens (tertiary/aromatic N) is 2. The van der Waals surface area contributed by atoms with Crippen LogP contribution in [0.5, 0.6) is 0 Å². The van der Waals surface area contributed by atoms with Gasteiger partial charge in [0.15, 0.2) is 0 Å². The Balaban J connectivity index is 2.36. The quantitative estimate of drug-likeness (QED) is 0.722. The van der Waals surface area contributed by atoms with Crippen LogP contribution < -0.4 is 5.32 Å². The Labute approximate surface area is 101 Å². The lowest BCUT2D eigenvalue weighted by molar-refractivity contribution is 0.0759. The average Bonchev–Trinajstić information content (AvgIpc) is 2.34. The number of pyridine rings is 1. The van der Waals surface area contributed by atoms with Crippen LogP contribution in [0.3, 0.4) is 0 Å². The number of rotatable bonds is 7. The molecule has 0 spiro atoms. The van der Waals surface area contributed by atoms with Crippen molar-refractivity contribution < 1.29 is 9.47 Å². The third-order valence-corrected chi connectivity index (χ3v) is 2.13. The van der Waals surface area contributed by atoms with Crippen molar-refractivity contribution in [2.75, 3.05) is 38.8 Å². The second-order valence-electron chi connectivity index (χ2n) is 3.49. The van der Waals surface area contributed by atoms with Gasteiger partial charge in [0.05, 0.1) is 25.4 Å². The molecule has 0 radical (unpaired) electrons. The van der Waals surface area contributed by atoms with Gasteiger partial charge in [-0.25, -0.2) is 4.98 Å². The van der Waals surface area contributed by atoms with Crippen molar-refractivity contribution in [2.45, 2.75) is 6.92 Å². The van der Waals surface area contributed by atoms with Gasteiger partial charge in [0.1, 0.15) is 11.9 Å². The molecule has 1 heterocycles. The number of hydrogen-bond acceptors (Lipinski definition) is 5. The van der Waals surface area contributed by atoms with Gasteiger partial charge in [-0.1, -0.05) is 0 Å². The fourth-order valence-corrected chi connectivity index (χ4v) is 1.27. The molecule has 0 amide bonds. The standard InChI is InChI=1S/C12H17N3O2/c1-10-3-4-11(9-13)12(15-10)14-5-6-17-8-7-16-2/h3-4H,5-8H2,1-2H3,(H,14,15). The van der Waals surface area contributed by atoms with Gasteiger partial charge in [0.2, 0.25) is 0 Å². The number of methoxy groups -OCH3 is 1. The molecule has 92 valence electrons. The highest BCUT2D eigenvalue weighted by atomic mass is 16.5. The lowest BCUT2D eigenvalue weighted by Crippen LogP contribution is -2.13. The van der Waals surface area contributed by atoms with E-state index < -0.39 is 0 Å². The summed E-state index contributed by atoms with van der Waals surface area (Å²) in [5.74, 6) is 0.614. The van der Waals surface area contributed by atoms with Crippen molar-refractivity contribution in [3.63, 3.8) is 0 Å². The fraction of sp³-hybridized carbons (Fsp3) is 0.500. The van der Waals surface area contributed by atoms with Crippen molar-refractivity contribution in [3.05, 3.63) is 23.4 Å². The van der Waals surface area contributed by atoms with Crippen LogP contribution >= 0.6 is 0 Å². The van der Waals surface area contributed by atoms with E-state index in [0.29, 0.717) is 37.7 Å². The minimum atomic E-state index is 0.549. The van der Waals surface area contributed by atoms with E-state index in [1.807, 2.05) is 13.0 Å². The van der Waals surface area contributed by atoms with Crippen molar-refractivity contribution >= 4 is 5.82 Å². The van der Waals surface area contributed by atoms with Crippen LogP contribution in [-0.4, -0.2) is 38.5 Å². The second-order valence-corrected chi connectivity index (χ2v) is 3.49. The molecule has 1 rings (SSSR count). The first kappa shape index (κ1) is 13.4. The van der Waals surface area contributed by atoms with Crippen LogP contribution in [0.1, 0.15) is 11.3 Å². The number of anilines is 1. The van der Waals surface area contributed by atoms with Gasteiger partial charge >= 0.3 is 0 Å². The van der Waals surface area contributed by atoms with Crippen LogP contribution in [0, 0.1) is 18.3 Å². The monoisotopic (exact) mass is 235 g/mol. The Kier molecular flexibility index (Phi) is 6.00. The molecule has 5 nitrogen and oxygen atoms in total. The Morgan fingerprint density at radius 1 is 1.35 bits per heavy atom. The lowest BCUT2D eigenvalue weighted by atomic mass is 10.2. The van der Waals surface area contributed by atoms with E-state index in [1.54, 1.807) is 13.2 Å². The maximum atomic E-state index is 8.90. The Morgan fingerprint density at radius 2 is 2.18 bits per heavy atom. The summed E-state index contributed by atoms with van der Waals surface area (Å²) in [7, 11) is 1.64. The molecule has 0 saturated heterocycles. The number of nitriles is 1. The van der Waals surface area contributed by atoms with Crippen LogP contribution in [0.15, 0.2) is 12.1 Å². The number of aromatic nitrogens is 1. The largest absolute Gasteiger partial charge is 0.382 e. The van der Waals surface area contributed by atoms with Crippen molar-refractivity contribution in [2.24, 2.45) is 0 Å². The number of hydrogen-bond donors (Lipinski definition) is 1. The van der Waals surface area contributed by atoms with Crippen LogP contribution in [0.2, 0.25) is 0 Å². The molecule has 0 aliphatic carbocycles. The highest BCUT2D eigenvalue weighted by Gasteiger charge is 2.02. The fourth-order valence-electron chi connectivity index (χ4n) is 1.27. The van der Waals surface area contributed by atoms with Gasteiger partial charge in [0.25, 0.3) is 0 Å². The summed E-state index contributed by atoms with van der Waals surface area (Å²) in [6.45, 7) is 4.23. The van der Waals surface area contributed by atoms with Gasteiger partial charge in [-0.3, -0.25) is 0 Å². The molecular weight excluding hydrogens is 218 g/mol. The number of aryl methyl sites for hydroxylation is 1. The highest BCUT2D eigenvalue weighted by molar-refractivity contribution is 5.52. The van der Waals surface area contributed by atoms with Gasteiger partial charge in [0, 0.05) is 19.3 Å². The van der Waals surface area contributed by atoms with Crippen LogP contribution in [-0.2, 0) is 9.47 Å².